The number of carbonyl (C=O) groups excluding carboxylic acids is 1. The molecule has 1 aliphatic heterocycles. The van der Waals surface area contributed by atoms with Crippen molar-refractivity contribution in [1.29, 1.82) is 0 Å². The first-order valence-electron chi connectivity index (χ1n) is 9.10. The van der Waals surface area contributed by atoms with Gasteiger partial charge in [-0.2, -0.15) is 0 Å². The largest absolute Gasteiger partial charge is 0.360 e. The second kappa shape index (κ2) is 5.73. The summed E-state index contributed by atoms with van der Waals surface area (Å²) in [6.07, 6.45) is 8.25. The molecule has 126 valence electrons. The van der Waals surface area contributed by atoms with Crippen LogP contribution in [0.3, 0.4) is 0 Å². The van der Waals surface area contributed by atoms with Crippen LogP contribution < -0.4 is 0 Å². The number of aryl methyl sites for hydroxylation is 2. The summed E-state index contributed by atoms with van der Waals surface area (Å²) in [7, 11) is 0. The summed E-state index contributed by atoms with van der Waals surface area (Å²) < 4.78 is 0. The number of nitrogens with one attached hydrogen (secondary N) is 1. The number of fused-ring (bicyclic) bond motifs is 2. The molecule has 0 unspecified atom stereocenters. The summed E-state index contributed by atoms with van der Waals surface area (Å²) >= 11 is 0. The van der Waals surface area contributed by atoms with Crippen LogP contribution >= 0.6 is 0 Å². The van der Waals surface area contributed by atoms with Gasteiger partial charge in [-0.1, -0.05) is 6.07 Å². The third kappa shape index (κ3) is 2.53. The Bertz CT molecular complexity index is 953. The maximum absolute atomic E-state index is 12.7. The van der Waals surface area contributed by atoms with Crippen molar-refractivity contribution < 1.29 is 4.79 Å². The van der Waals surface area contributed by atoms with Crippen LogP contribution in [0, 0.1) is 5.92 Å². The van der Waals surface area contributed by atoms with E-state index < -0.39 is 0 Å². The van der Waals surface area contributed by atoms with Crippen LogP contribution in [0.5, 0.6) is 0 Å². The highest BCUT2D eigenvalue weighted by atomic mass is 16.2. The Morgan fingerprint density at radius 3 is 2.96 bits per heavy atom. The molecule has 1 fully saturated rings. The van der Waals surface area contributed by atoms with E-state index >= 15 is 0 Å². The lowest BCUT2D eigenvalue weighted by atomic mass is 9.92. The molecule has 3 heterocycles. The zero-order valence-corrected chi connectivity index (χ0v) is 14.2. The second-order valence-electron chi connectivity index (χ2n) is 7.32. The Labute approximate surface area is 146 Å². The number of aromatic amines is 1. The molecule has 1 N–H and O–H groups in total. The molecule has 2 aromatic heterocycles. The van der Waals surface area contributed by atoms with E-state index in [1.165, 1.54) is 22.9 Å². The summed E-state index contributed by atoms with van der Waals surface area (Å²) in [4.78, 5) is 22.5. The number of rotatable bonds is 3. The van der Waals surface area contributed by atoms with Gasteiger partial charge in [0, 0.05) is 36.4 Å². The fourth-order valence-electron chi connectivity index (χ4n) is 4.22. The number of hydrogen-bond donors (Lipinski definition) is 1. The quantitative estimate of drug-likeness (QED) is 0.800. The van der Waals surface area contributed by atoms with E-state index in [0.29, 0.717) is 5.92 Å². The third-order valence-corrected chi connectivity index (χ3v) is 5.62. The van der Waals surface area contributed by atoms with Gasteiger partial charge in [0.25, 0.3) is 5.91 Å². The van der Waals surface area contributed by atoms with E-state index in [4.69, 9.17) is 0 Å². The van der Waals surface area contributed by atoms with Crippen molar-refractivity contribution in [2.45, 2.75) is 25.7 Å². The number of likely N-dealkylation sites (tertiary alicyclic amines) is 1. The average molecular weight is 331 g/mol. The highest BCUT2D eigenvalue weighted by molar-refractivity contribution is 5.95. The maximum atomic E-state index is 12.7. The van der Waals surface area contributed by atoms with Crippen LogP contribution in [-0.4, -0.2) is 33.9 Å². The summed E-state index contributed by atoms with van der Waals surface area (Å²) in [6.45, 7) is 1.66. The van der Waals surface area contributed by atoms with Crippen LogP contribution in [0.2, 0.25) is 0 Å². The van der Waals surface area contributed by atoms with E-state index in [2.05, 4.69) is 28.2 Å². The molecule has 5 rings (SSSR count). The van der Waals surface area contributed by atoms with Gasteiger partial charge in [-0.3, -0.25) is 9.78 Å². The van der Waals surface area contributed by atoms with Gasteiger partial charge < -0.3 is 9.88 Å². The number of carbonyl (C=O) groups is 1. The first-order valence-corrected chi connectivity index (χ1v) is 9.10. The summed E-state index contributed by atoms with van der Waals surface area (Å²) in [6, 6.07) is 10.4. The standard InChI is InChI=1S/C21H21N3O/c25-21(18-5-4-15-2-1-3-17(15)11-18)24-12-14(13-24)10-19-20-16(6-8-22-19)7-9-23-20/h4-9,11,14,23H,1-3,10,12-13H2. The molecule has 3 aromatic rings. The van der Waals surface area contributed by atoms with Gasteiger partial charge in [-0.25, -0.2) is 0 Å². The Morgan fingerprint density at radius 2 is 2.04 bits per heavy atom. The van der Waals surface area contributed by atoms with Gasteiger partial charge in [0.1, 0.15) is 0 Å². The average Bonchev–Trinajstić information content (AvgIpc) is 3.25. The molecule has 1 aromatic carbocycles. The molecular formula is C21H21N3O. The van der Waals surface area contributed by atoms with Gasteiger partial charge in [-0.15, -0.1) is 0 Å². The molecule has 4 nitrogen and oxygen atoms in total. The van der Waals surface area contributed by atoms with E-state index in [1.54, 1.807) is 0 Å². The summed E-state index contributed by atoms with van der Waals surface area (Å²) in [5, 5.41) is 1.20. The molecule has 4 heteroatoms. The molecule has 1 aliphatic carbocycles. The number of H-pyrrole nitrogens is 1. The molecule has 0 radical (unpaired) electrons. The Kier molecular flexibility index (Phi) is 3.37. The monoisotopic (exact) mass is 331 g/mol. The van der Waals surface area contributed by atoms with Crippen molar-refractivity contribution in [3.05, 3.63) is 65.1 Å². The molecule has 0 spiro atoms. The molecule has 0 atom stereocenters. The Balaban J connectivity index is 1.26. The van der Waals surface area contributed by atoms with Crippen LogP contribution in [-0.2, 0) is 19.3 Å². The van der Waals surface area contributed by atoms with Crippen molar-refractivity contribution in [1.82, 2.24) is 14.9 Å². The normalized spacial score (nSPS) is 16.9. The van der Waals surface area contributed by atoms with Crippen LogP contribution in [0.25, 0.3) is 10.9 Å². The zero-order chi connectivity index (χ0) is 16.8. The first kappa shape index (κ1) is 14.7. The van der Waals surface area contributed by atoms with E-state index in [9.17, 15) is 4.79 Å². The van der Waals surface area contributed by atoms with E-state index in [1.807, 2.05) is 29.4 Å². The summed E-state index contributed by atoms with van der Waals surface area (Å²) in [5.41, 5.74) is 5.88. The molecule has 2 aliphatic rings. The topological polar surface area (TPSA) is 49.0 Å². The van der Waals surface area contributed by atoms with Crippen molar-refractivity contribution in [2.75, 3.05) is 13.1 Å². The van der Waals surface area contributed by atoms with E-state index in [0.717, 1.165) is 49.1 Å². The first-order chi connectivity index (χ1) is 12.3. The lowest BCUT2D eigenvalue weighted by Gasteiger charge is -2.39. The van der Waals surface area contributed by atoms with Crippen molar-refractivity contribution in [3.63, 3.8) is 0 Å². The molecule has 1 amide bonds. The minimum atomic E-state index is 0.178. The highest BCUT2D eigenvalue weighted by Crippen LogP contribution is 2.27. The number of nitrogens with zero attached hydrogens (tertiary/aromatic N) is 2. The highest BCUT2D eigenvalue weighted by Gasteiger charge is 2.32. The van der Waals surface area contributed by atoms with Gasteiger partial charge in [0.15, 0.2) is 0 Å². The molecule has 25 heavy (non-hydrogen) atoms. The van der Waals surface area contributed by atoms with Gasteiger partial charge in [0.2, 0.25) is 0 Å². The summed E-state index contributed by atoms with van der Waals surface area (Å²) in [5.74, 6) is 0.678. The SMILES string of the molecule is O=C(c1ccc2c(c1)CCC2)N1CC(Cc2nccc3cc[nH]c23)C1. The fraction of sp³-hybridized carbons (Fsp3) is 0.333. The number of amides is 1. The zero-order valence-electron chi connectivity index (χ0n) is 14.2. The number of benzene rings is 1. The van der Waals surface area contributed by atoms with Crippen LogP contribution in [0.15, 0.2) is 42.7 Å². The minimum absolute atomic E-state index is 0.178. The van der Waals surface area contributed by atoms with Gasteiger partial charge >= 0.3 is 0 Å². The van der Waals surface area contributed by atoms with Crippen LogP contribution in [0.4, 0.5) is 0 Å². The second-order valence-corrected chi connectivity index (χ2v) is 7.32. The van der Waals surface area contributed by atoms with E-state index in [-0.39, 0.29) is 5.91 Å². The lowest BCUT2D eigenvalue weighted by molar-refractivity contribution is 0.0500. The smallest absolute Gasteiger partial charge is 0.253 e. The maximum Gasteiger partial charge on any atom is 0.253 e. The van der Waals surface area contributed by atoms with Crippen molar-refractivity contribution >= 4 is 16.8 Å². The van der Waals surface area contributed by atoms with Gasteiger partial charge in [-0.05, 0) is 67.0 Å². The van der Waals surface area contributed by atoms with Crippen molar-refractivity contribution in [3.8, 4) is 0 Å². The molecule has 1 saturated heterocycles. The van der Waals surface area contributed by atoms with Crippen molar-refractivity contribution in [2.24, 2.45) is 5.92 Å². The molecule has 0 bridgehead atoms. The Morgan fingerprint density at radius 1 is 1.16 bits per heavy atom. The number of hydrogen-bond acceptors (Lipinski definition) is 2. The number of pyridine rings is 1. The molecular weight excluding hydrogens is 310 g/mol. The predicted octanol–water partition coefficient (Wildman–Crippen LogP) is 3.37. The van der Waals surface area contributed by atoms with Gasteiger partial charge in [0.05, 0.1) is 11.2 Å². The lowest BCUT2D eigenvalue weighted by Crippen LogP contribution is -2.50. The predicted molar refractivity (Wildman–Crippen MR) is 97.7 cm³/mol. The fourth-order valence-corrected chi connectivity index (χ4v) is 4.22. The minimum Gasteiger partial charge on any atom is -0.360 e. The van der Waals surface area contributed by atoms with Crippen LogP contribution in [0.1, 0.15) is 33.6 Å². The molecule has 0 saturated carbocycles. The Hall–Kier alpha value is -2.62. The third-order valence-electron chi connectivity index (χ3n) is 5.62. The number of aromatic nitrogens is 2.